The predicted octanol–water partition coefficient (Wildman–Crippen LogP) is 2.08. The van der Waals surface area contributed by atoms with E-state index in [1.165, 1.54) is 12.1 Å². The van der Waals surface area contributed by atoms with E-state index in [4.69, 9.17) is 9.84 Å². The first kappa shape index (κ1) is 10.8. The molecule has 0 unspecified atom stereocenters. The Morgan fingerprint density at radius 3 is 2.57 bits per heavy atom. The van der Waals surface area contributed by atoms with Crippen molar-refractivity contribution < 1.29 is 23.0 Å². The lowest BCUT2D eigenvalue weighted by Crippen LogP contribution is -2.06. The van der Waals surface area contributed by atoms with Crippen LogP contribution in [0.2, 0.25) is 0 Å². The molecule has 1 aromatic rings. The van der Waals surface area contributed by atoms with Crippen molar-refractivity contribution in [2.45, 2.75) is 6.18 Å². The molecular formula is C9H9F3O2. The zero-order valence-corrected chi connectivity index (χ0v) is 7.21. The standard InChI is InChI=1S/C9H9F3O2/c10-9(11,12)7-2-1-3-8(6-7)14-5-4-13/h1-3,6,13H,4-5H2. The molecule has 1 N–H and O–H groups in total. The summed E-state index contributed by atoms with van der Waals surface area (Å²) in [6.45, 7) is -0.239. The molecule has 0 aliphatic carbocycles. The van der Waals surface area contributed by atoms with E-state index in [2.05, 4.69) is 0 Å². The molecule has 1 aromatic carbocycles. The summed E-state index contributed by atoms with van der Waals surface area (Å²) >= 11 is 0. The number of aliphatic hydroxyl groups excluding tert-OH is 1. The highest BCUT2D eigenvalue weighted by molar-refractivity contribution is 5.30. The molecule has 0 heterocycles. The molecule has 0 saturated heterocycles. The molecule has 78 valence electrons. The first-order valence-corrected chi connectivity index (χ1v) is 3.95. The van der Waals surface area contributed by atoms with Crippen LogP contribution in [0.15, 0.2) is 24.3 Å². The first-order chi connectivity index (χ1) is 6.54. The van der Waals surface area contributed by atoms with Crippen LogP contribution in [-0.4, -0.2) is 18.3 Å². The topological polar surface area (TPSA) is 29.5 Å². The number of alkyl halides is 3. The Labute approximate surface area is 78.9 Å². The van der Waals surface area contributed by atoms with Crippen LogP contribution in [0.3, 0.4) is 0 Å². The van der Waals surface area contributed by atoms with Crippen molar-refractivity contribution in [1.82, 2.24) is 0 Å². The average molecular weight is 206 g/mol. The minimum Gasteiger partial charge on any atom is -0.491 e. The summed E-state index contributed by atoms with van der Waals surface area (Å²) < 4.78 is 41.4. The summed E-state index contributed by atoms with van der Waals surface area (Å²) in [4.78, 5) is 0. The summed E-state index contributed by atoms with van der Waals surface area (Å²) in [5.41, 5.74) is -0.757. The maximum atomic E-state index is 12.2. The lowest BCUT2D eigenvalue weighted by Gasteiger charge is -2.09. The maximum absolute atomic E-state index is 12.2. The number of rotatable bonds is 3. The molecule has 0 aromatic heterocycles. The van der Waals surface area contributed by atoms with Gasteiger partial charge in [0.1, 0.15) is 12.4 Å². The summed E-state index contributed by atoms with van der Waals surface area (Å²) in [6.07, 6.45) is -4.36. The van der Waals surface area contributed by atoms with Crippen molar-refractivity contribution in [2.24, 2.45) is 0 Å². The van der Waals surface area contributed by atoms with E-state index in [1.807, 2.05) is 0 Å². The Balaban J connectivity index is 2.79. The molecule has 0 bridgehead atoms. The maximum Gasteiger partial charge on any atom is 0.416 e. The van der Waals surface area contributed by atoms with Gasteiger partial charge in [0, 0.05) is 0 Å². The fourth-order valence-corrected chi connectivity index (χ4v) is 0.926. The van der Waals surface area contributed by atoms with Gasteiger partial charge in [0.15, 0.2) is 0 Å². The van der Waals surface area contributed by atoms with Crippen molar-refractivity contribution in [3.8, 4) is 5.75 Å². The zero-order valence-electron chi connectivity index (χ0n) is 7.21. The van der Waals surface area contributed by atoms with Crippen molar-refractivity contribution >= 4 is 0 Å². The van der Waals surface area contributed by atoms with Crippen LogP contribution in [0, 0.1) is 0 Å². The third-order valence-corrected chi connectivity index (χ3v) is 1.52. The van der Waals surface area contributed by atoms with Gasteiger partial charge >= 0.3 is 6.18 Å². The fraction of sp³-hybridized carbons (Fsp3) is 0.333. The minimum atomic E-state index is -4.36. The van der Waals surface area contributed by atoms with Crippen molar-refractivity contribution in [2.75, 3.05) is 13.2 Å². The highest BCUT2D eigenvalue weighted by Crippen LogP contribution is 2.31. The van der Waals surface area contributed by atoms with E-state index >= 15 is 0 Å². The lowest BCUT2D eigenvalue weighted by molar-refractivity contribution is -0.137. The summed E-state index contributed by atoms with van der Waals surface area (Å²) in [5, 5.41) is 8.41. The molecule has 0 fully saturated rings. The molecule has 2 nitrogen and oxygen atoms in total. The van der Waals surface area contributed by atoms with E-state index in [-0.39, 0.29) is 19.0 Å². The van der Waals surface area contributed by atoms with Crippen molar-refractivity contribution in [3.63, 3.8) is 0 Å². The molecule has 0 saturated carbocycles. The highest BCUT2D eigenvalue weighted by Gasteiger charge is 2.30. The van der Waals surface area contributed by atoms with Gasteiger partial charge in [-0.25, -0.2) is 0 Å². The average Bonchev–Trinajstić information content (AvgIpc) is 2.14. The van der Waals surface area contributed by atoms with Crippen LogP contribution in [0.1, 0.15) is 5.56 Å². The monoisotopic (exact) mass is 206 g/mol. The highest BCUT2D eigenvalue weighted by atomic mass is 19.4. The van der Waals surface area contributed by atoms with E-state index in [1.54, 1.807) is 0 Å². The van der Waals surface area contributed by atoms with Gasteiger partial charge in [-0.1, -0.05) is 6.07 Å². The molecule has 0 aliphatic heterocycles. The van der Waals surface area contributed by atoms with E-state index in [0.717, 1.165) is 12.1 Å². The second kappa shape index (κ2) is 4.32. The van der Waals surface area contributed by atoms with E-state index in [0.29, 0.717) is 0 Å². The van der Waals surface area contributed by atoms with Gasteiger partial charge < -0.3 is 9.84 Å². The van der Waals surface area contributed by atoms with Crippen LogP contribution in [-0.2, 0) is 6.18 Å². The van der Waals surface area contributed by atoms with Gasteiger partial charge in [-0.15, -0.1) is 0 Å². The predicted molar refractivity (Wildman–Crippen MR) is 44.0 cm³/mol. The molecule has 5 heteroatoms. The van der Waals surface area contributed by atoms with Gasteiger partial charge in [0.25, 0.3) is 0 Å². The van der Waals surface area contributed by atoms with Gasteiger partial charge in [-0.2, -0.15) is 13.2 Å². The second-order valence-corrected chi connectivity index (χ2v) is 2.60. The number of ether oxygens (including phenoxy) is 1. The molecule has 0 atom stereocenters. The quantitative estimate of drug-likeness (QED) is 0.820. The second-order valence-electron chi connectivity index (χ2n) is 2.60. The Hall–Kier alpha value is -1.23. The van der Waals surface area contributed by atoms with Gasteiger partial charge in [0.2, 0.25) is 0 Å². The number of hydrogen-bond acceptors (Lipinski definition) is 2. The number of halogens is 3. The van der Waals surface area contributed by atoms with E-state index in [9.17, 15) is 13.2 Å². The Bertz CT molecular complexity index is 296. The summed E-state index contributed by atoms with van der Waals surface area (Å²) in [5.74, 6) is 0.105. The molecule has 0 spiro atoms. The van der Waals surface area contributed by atoms with Gasteiger partial charge in [0.05, 0.1) is 12.2 Å². The Kier molecular flexibility index (Phi) is 3.35. The largest absolute Gasteiger partial charge is 0.491 e. The van der Waals surface area contributed by atoms with Gasteiger partial charge in [-0.05, 0) is 18.2 Å². The smallest absolute Gasteiger partial charge is 0.416 e. The van der Waals surface area contributed by atoms with Gasteiger partial charge in [-0.3, -0.25) is 0 Å². The lowest BCUT2D eigenvalue weighted by atomic mass is 10.2. The number of aliphatic hydroxyl groups is 1. The van der Waals surface area contributed by atoms with Crippen molar-refractivity contribution in [3.05, 3.63) is 29.8 Å². The zero-order chi connectivity index (χ0) is 10.6. The molecule has 0 amide bonds. The summed E-state index contributed by atoms with van der Waals surface area (Å²) in [7, 11) is 0. The minimum absolute atomic E-state index is 0.0126. The van der Waals surface area contributed by atoms with E-state index < -0.39 is 11.7 Å². The van der Waals surface area contributed by atoms with Crippen LogP contribution in [0.4, 0.5) is 13.2 Å². The molecule has 0 aliphatic rings. The third kappa shape index (κ3) is 2.92. The normalized spacial score (nSPS) is 11.4. The first-order valence-electron chi connectivity index (χ1n) is 3.95. The van der Waals surface area contributed by atoms with Crippen LogP contribution in [0.5, 0.6) is 5.75 Å². The number of hydrogen-bond donors (Lipinski definition) is 1. The van der Waals surface area contributed by atoms with Crippen molar-refractivity contribution in [1.29, 1.82) is 0 Å². The van der Waals surface area contributed by atoms with Crippen LogP contribution >= 0.6 is 0 Å². The molecule has 0 radical (unpaired) electrons. The Morgan fingerprint density at radius 2 is 2.00 bits per heavy atom. The van der Waals surface area contributed by atoms with Crippen LogP contribution < -0.4 is 4.74 Å². The number of benzene rings is 1. The SMILES string of the molecule is OCCOc1cccc(C(F)(F)F)c1. The third-order valence-electron chi connectivity index (χ3n) is 1.52. The van der Waals surface area contributed by atoms with Crippen LogP contribution in [0.25, 0.3) is 0 Å². The molecule has 14 heavy (non-hydrogen) atoms. The molecular weight excluding hydrogens is 197 g/mol. The molecule has 1 rings (SSSR count). The summed E-state index contributed by atoms with van der Waals surface area (Å²) in [6, 6.07) is 4.53. The Morgan fingerprint density at radius 1 is 1.29 bits per heavy atom. The fourth-order valence-electron chi connectivity index (χ4n) is 0.926.